The van der Waals surface area contributed by atoms with E-state index < -0.39 is 24.0 Å². The molecule has 0 atom stereocenters. The standard InChI is InChI=1S/C24H24N2O4/c1-13(23-25(3)15-9-5-7-11-17(15)29-23)19-21(27)20(22(19)28)14(2)24-26(4)16-10-6-8-12-18(16)30-24/h5-12,19-22H,1-4H3/q-2/b23-13+,24-14+. The summed E-state index contributed by atoms with van der Waals surface area (Å²) in [7, 11) is 3.79. The SMILES string of the molecule is C/C(=C1\Oc2ccccc2N1C)C1C([O-])C(/C(C)=C2/Oc3ccccc3N2C)C1[O-]. The van der Waals surface area contributed by atoms with Gasteiger partial charge in [0.15, 0.2) is 23.3 Å². The maximum atomic E-state index is 13.2. The largest absolute Gasteiger partial charge is 0.851 e. The average molecular weight is 404 g/mol. The molecule has 6 heteroatoms. The molecule has 1 fully saturated rings. The Hall–Kier alpha value is -2.96. The molecule has 0 N–H and O–H groups in total. The second-order valence-electron chi connectivity index (χ2n) is 8.21. The molecule has 0 aromatic heterocycles. The molecule has 0 unspecified atom stereocenters. The summed E-state index contributed by atoms with van der Waals surface area (Å²) in [5, 5.41) is 26.4. The highest BCUT2D eigenvalue weighted by Crippen LogP contribution is 2.47. The predicted molar refractivity (Wildman–Crippen MR) is 111 cm³/mol. The molecule has 6 nitrogen and oxygen atoms in total. The Bertz CT molecular complexity index is 983. The van der Waals surface area contributed by atoms with Gasteiger partial charge in [0.1, 0.15) is 0 Å². The van der Waals surface area contributed by atoms with Gasteiger partial charge in [0.2, 0.25) is 0 Å². The monoisotopic (exact) mass is 404 g/mol. The van der Waals surface area contributed by atoms with Crippen LogP contribution >= 0.6 is 0 Å². The number of hydrogen-bond acceptors (Lipinski definition) is 6. The van der Waals surface area contributed by atoms with Gasteiger partial charge in [0, 0.05) is 14.1 Å². The molecule has 0 spiro atoms. The van der Waals surface area contributed by atoms with E-state index in [9.17, 15) is 10.2 Å². The lowest BCUT2D eigenvalue weighted by atomic mass is 9.63. The van der Waals surface area contributed by atoms with Crippen LogP contribution in [0.3, 0.4) is 0 Å². The zero-order valence-electron chi connectivity index (χ0n) is 17.5. The molecule has 0 radical (unpaired) electrons. The highest BCUT2D eigenvalue weighted by Gasteiger charge is 2.43. The minimum absolute atomic E-state index is 0.591. The Morgan fingerprint density at radius 2 is 1.07 bits per heavy atom. The van der Waals surface area contributed by atoms with Gasteiger partial charge in [-0.15, -0.1) is 12.2 Å². The van der Waals surface area contributed by atoms with Crippen LogP contribution in [0.25, 0.3) is 0 Å². The Balaban J connectivity index is 1.41. The topological polar surface area (TPSA) is 71.1 Å². The average Bonchev–Trinajstić information content (AvgIpc) is 3.26. The molecule has 1 saturated carbocycles. The van der Waals surface area contributed by atoms with Gasteiger partial charge in [-0.3, -0.25) is 0 Å². The number of anilines is 2. The van der Waals surface area contributed by atoms with Crippen LogP contribution in [0, 0.1) is 11.8 Å². The summed E-state index contributed by atoms with van der Waals surface area (Å²) in [6, 6.07) is 15.4. The summed E-state index contributed by atoms with van der Waals surface area (Å²) in [5.41, 5.74) is 3.30. The Labute approximate surface area is 176 Å². The van der Waals surface area contributed by atoms with Crippen LogP contribution in [0.15, 0.2) is 71.4 Å². The molecular weight excluding hydrogens is 380 g/mol. The highest BCUT2D eigenvalue weighted by atomic mass is 16.5. The van der Waals surface area contributed by atoms with Crippen molar-refractivity contribution in [3.63, 3.8) is 0 Å². The molecule has 1 aliphatic carbocycles. The van der Waals surface area contributed by atoms with E-state index in [2.05, 4.69) is 0 Å². The van der Waals surface area contributed by atoms with Crippen molar-refractivity contribution >= 4 is 11.4 Å². The number of rotatable bonds is 2. The van der Waals surface area contributed by atoms with Gasteiger partial charge in [-0.1, -0.05) is 24.3 Å². The number of fused-ring (bicyclic) bond motifs is 2. The first-order chi connectivity index (χ1) is 14.4. The summed E-state index contributed by atoms with van der Waals surface area (Å²) in [4.78, 5) is 3.82. The van der Waals surface area contributed by atoms with Crippen molar-refractivity contribution in [2.45, 2.75) is 26.1 Å². The highest BCUT2D eigenvalue weighted by molar-refractivity contribution is 5.67. The fourth-order valence-corrected chi connectivity index (χ4v) is 4.84. The van der Waals surface area contributed by atoms with E-state index in [1.54, 1.807) is 0 Å². The van der Waals surface area contributed by atoms with Crippen molar-refractivity contribution in [1.29, 1.82) is 0 Å². The molecule has 156 valence electrons. The van der Waals surface area contributed by atoms with E-state index >= 15 is 0 Å². The van der Waals surface area contributed by atoms with Gasteiger partial charge in [-0.05, 0) is 61.1 Å². The third-order valence-corrected chi connectivity index (χ3v) is 6.57. The molecular formula is C24H24N2O4-2. The Kier molecular flexibility index (Phi) is 4.31. The van der Waals surface area contributed by atoms with Crippen molar-refractivity contribution in [2.24, 2.45) is 11.8 Å². The summed E-state index contributed by atoms with van der Waals surface area (Å²) < 4.78 is 11.9. The molecule has 5 rings (SSSR count). The Morgan fingerprint density at radius 3 is 1.43 bits per heavy atom. The van der Waals surface area contributed by atoms with E-state index in [1.807, 2.05) is 86.3 Å². The molecule has 2 aliphatic heterocycles. The van der Waals surface area contributed by atoms with Crippen molar-refractivity contribution in [3.8, 4) is 11.5 Å². The third-order valence-electron chi connectivity index (χ3n) is 6.57. The van der Waals surface area contributed by atoms with E-state index in [0.717, 1.165) is 22.9 Å². The molecule has 0 amide bonds. The van der Waals surface area contributed by atoms with E-state index in [4.69, 9.17) is 9.47 Å². The molecule has 2 aromatic carbocycles. The number of benzene rings is 2. The van der Waals surface area contributed by atoms with E-state index in [0.29, 0.717) is 22.9 Å². The lowest BCUT2D eigenvalue weighted by Gasteiger charge is -2.62. The maximum Gasteiger partial charge on any atom is 0.199 e. The van der Waals surface area contributed by atoms with Gasteiger partial charge in [0.05, 0.1) is 11.4 Å². The lowest BCUT2D eigenvalue weighted by Crippen LogP contribution is -2.68. The predicted octanol–water partition coefficient (Wildman–Crippen LogP) is 2.21. The molecule has 3 aliphatic rings. The molecule has 0 bridgehead atoms. The number of hydrogen-bond donors (Lipinski definition) is 0. The summed E-state index contributed by atoms with van der Waals surface area (Å²) >= 11 is 0. The van der Waals surface area contributed by atoms with Crippen LogP contribution in [0.4, 0.5) is 11.4 Å². The summed E-state index contributed by atoms with van der Waals surface area (Å²) in [6.45, 7) is 3.68. The Morgan fingerprint density at radius 1 is 0.700 bits per heavy atom. The van der Waals surface area contributed by atoms with Crippen molar-refractivity contribution in [2.75, 3.05) is 23.9 Å². The molecule has 0 saturated heterocycles. The van der Waals surface area contributed by atoms with Gasteiger partial charge in [-0.25, -0.2) is 0 Å². The van der Waals surface area contributed by atoms with Crippen molar-refractivity contribution < 1.29 is 19.7 Å². The van der Waals surface area contributed by atoms with Crippen LogP contribution in [-0.2, 0) is 0 Å². The first-order valence-electron chi connectivity index (χ1n) is 10.1. The molecule has 2 aromatic rings. The normalized spacial score (nSPS) is 30.2. The van der Waals surface area contributed by atoms with Crippen LogP contribution in [0.5, 0.6) is 11.5 Å². The van der Waals surface area contributed by atoms with Crippen LogP contribution in [0.2, 0.25) is 0 Å². The minimum atomic E-state index is -1.03. The number of nitrogens with zero attached hydrogens (tertiary/aromatic N) is 2. The zero-order valence-corrected chi connectivity index (χ0v) is 17.5. The molecule has 30 heavy (non-hydrogen) atoms. The van der Waals surface area contributed by atoms with Crippen LogP contribution in [-0.4, -0.2) is 26.3 Å². The first kappa shape index (κ1) is 19.0. The minimum Gasteiger partial charge on any atom is -0.851 e. The fourth-order valence-electron chi connectivity index (χ4n) is 4.84. The lowest BCUT2D eigenvalue weighted by molar-refractivity contribution is -0.552. The van der Waals surface area contributed by atoms with Gasteiger partial charge in [-0.2, -0.15) is 0 Å². The smallest absolute Gasteiger partial charge is 0.199 e. The van der Waals surface area contributed by atoms with Crippen LogP contribution in [0.1, 0.15) is 13.8 Å². The zero-order chi connectivity index (χ0) is 21.2. The van der Waals surface area contributed by atoms with Crippen molar-refractivity contribution in [3.05, 3.63) is 71.4 Å². The fraction of sp³-hybridized carbons (Fsp3) is 0.333. The molecule has 2 heterocycles. The quantitative estimate of drug-likeness (QED) is 0.764. The third kappa shape index (κ3) is 2.57. The maximum absolute atomic E-state index is 13.2. The second-order valence-corrected chi connectivity index (χ2v) is 8.21. The van der Waals surface area contributed by atoms with Gasteiger partial charge >= 0.3 is 0 Å². The second kappa shape index (κ2) is 6.79. The van der Waals surface area contributed by atoms with Crippen molar-refractivity contribution in [1.82, 2.24) is 0 Å². The number of para-hydroxylation sites is 4. The van der Waals surface area contributed by atoms with Gasteiger partial charge < -0.3 is 29.5 Å². The van der Waals surface area contributed by atoms with E-state index in [1.165, 1.54) is 0 Å². The van der Waals surface area contributed by atoms with Gasteiger partial charge in [0.25, 0.3) is 0 Å². The summed E-state index contributed by atoms with van der Waals surface area (Å²) in [6.07, 6.45) is -2.07. The van der Waals surface area contributed by atoms with Crippen LogP contribution < -0.4 is 29.5 Å². The van der Waals surface area contributed by atoms with E-state index in [-0.39, 0.29) is 0 Å². The first-order valence-corrected chi connectivity index (χ1v) is 10.1. The summed E-state index contributed by atoms with van der Waals surface area (Å²) in [5.74, 6) is 1.43. The number of ether oxygens (including phenoxy) is 2.